The van der Waals surface area contributed by atoms with Crippen molar-refractivity contribution in [1.29, 1.82) is 0 Å². The van der Waals surface area contributed by atoms with Gasteiger partial charge >= 0.3 is 0 Å². The zero-order chi connectivity index (χ0) is 12.4. The molecule has 1 unspecified atom stereocenters. The average Bonchev–Trinajstić information content (AvgIpc) is 2.29. The van der Waals surface area contributed by atoms with E-state index in [9.17, 15) is 4.39 Å². The number of nitrogens with two attached hydrogens (primary N) is 1. The first-order valence-electron chi connectivity index (χ1n) is 5.04. The zero-order valence-electron chi connectivity index (χ0n) is 8.83. The van der Waals surface area contributed by atoms with Crippen molar-refractivity contribution in [2.45, 2.75) is 6.04 Å². The van der Waals surface area contributed by atoms with Gasteiger partial charge in [-0.05, 0) is 35.4 Å². The van der Waals surface area contributed by atoms with Crippen LogP contribution in [0.1, 0.15) is 17.2 Å². The van der Waals surface area contributed by atoms with E-state index in [1.165, 1.54) is 12.1 Å². The molecule has 2 N–H and O–H groups in total. The Bertz CT molecular complexity index is 525. The smallest absolute Gasteiger partial charge is 0.123 e. The molecule has 0 heterocycles. The molecule has 1 atom stereocenters. The summed E-state index contributed by atoms with van der Waals surface area (Å²) in [4.78, 5) is 0. The fourth-order valence-corrected chi connectivity index (χ4v) is 2.13. The largest absolute Gasteiger partial charge is 0.320 e. The minimum atomic E-state index is -0.389. The Kier molecular flexibility index (Phi) is 3.67. The molecule has 0 aliphatic heterocycles. The molecule has 0 bridgehead atoms. The first-order valence-corrected chi connectivity index (χ1v) is 5.79. The molecule has 0 saturated heterocycles. The standard InChI is InChI=1S/C13H10Cl2FN/c14-9-3-6-11(12(15)7-9)13(17)8-1-4-10(16)5-2-8/h1-7,13H,17H2. The molecule has 0 amide bonds. The Morgan fingerprint density at radius 3 is 2.24 bits per heavy atom. The maximum absolute atomic E-state index is 12.8. The summed E-state index contributed by atoms with van der Waals surface area (Å²) in [6.45, 7) is 0. The fraction of sp³-hybridized carbons (Fsp3) is 0.0769. The molecule has 2 aromatic rings. The predicted octanol–water partition coefficient (Wildman–Crippen LogP) is 4.18. The van der Waals surface area contributed by atoms with Gasteiger partial charge in [-0.3, -0.25) is 0 Å². The summed E-state index contributed by atoms with van der Waals surface area (Å²) < 4.78 is 12.8. The molecule has 2 rings (SSSR count). The van der Waals surface area contributed by atoms with Gasteiger partial charge in [0.25, 0.3) is 0 Å². The summed E-state index contributed by atoms with van der Waals surface area (Å²) in [5.41, 5.74) is 7.64. The van der Waals surface area contributed by atoms with Crippen LogP contribution in [0.25, 0.3) is 0 Å². The van der Waals surface area contributed by atoms with E-state index in [1.807, 2.05) is 0 Å². The lowest BCUT2D eigenvalue weighted by Gasteiger charge is -2.14. The molecule has 4 heteroatoms. The summed E-state index contributed by atoms with van der Waals surface area (Å²) in [5.74, 6) is -0.289. The van der Waals surface area contributed by atoms with Gasteiger partial charge in [0.15, 0.2) is 0 Å². The van der Waals surface area contributed by atoms with E-state index in [4.69, 9.17) is 28.9 Å². The Morgan fingerprint density at radius 2 is 1.65 bits per heavy atom. The first kappa shape index (κ1) is 12.4. The molecule has 17 heavy (non-hydrogen) atoms. The van der Waals surface area contributed by atoms with Gasteiger partial charge in [-0.2, -0.15) is 0 Å². The lowest BCUT2D eigenvalue weighted by atomic mass is 10.00. The molecule has 2 aromatic carbocycles. The number of halogens is 3. The predicted molar refractivity (Wildman–Crippen MR) is 68.9 cm³/mol. The highest BCUT2D eigenvalue weighted by Gasteiger charge is 2.12. The summed E-state index contributed by atoms with van der Waals surface area (Å²) in [5, 5.41) is 1.07. The topological polar surface area (TPSA) is 26.0 Å². The van der Waals surface area contributed by atoms with Gasteiger partial charge in [-0.1, -0.05) is 41.4 Å². The lowest BCUT2D eigenvalue weighted by Crippen LogP contribution is -2.12. The number of benzene rings is 2. The van der Waals surface area contributed by atoms with Crippen LogP contribution in [0.4, 0.5) is 4.39 Å². The highest BCUT2D eigenvalue weighted by Crippen LogP contribution is 2.28. The quantitative estimate of drug-likeness (QED) is 0.870. The number of hydrogen-bond donors (Lipinski definition) is 1. The Balaban J connectivity index is 2.36. The molecule has 0 saturated carbocycles. The normalized spacial score (nSPS) is 12.5. The van der Waals surface area contributed by atoms with Gasteiger partial charge < -0.3 is 5.73 Å². The third kappa shape index (κ3) is 2.78. The van der Waals surface area contributed by atoms with Crippen LogP contribution in [0.2, 0.25) is 10.0 Å². The molecule has 0 fully saturated rings. The zero-order valence-corrected chi connectivity index (χ0v) is 10.3. The van der Waals surface area contributed by atoms with Crippen LogP contribution in [-0.2, 0) is 0 Å². The molecule has 0 aliphatic rings. The van der Waals surface area contributed by atoms with Gasteiger partial charge in [0, 0.05) is 10.0 Å². The third-order valence-electron chi connectivity index (χ3n) is 2.53. The van der Waals surface area contributed by atoms with Crippen molar-refractivity contribution in [3.63, 3.8) is 0 Å². The van der Waals surface area contributed by atoms with Crippen molar-refractivity contribution in [1.82, 2.24) is 0 Å². The highest BCUT2D eigenvalue weighted by atomic mass is 35.5. The molecule has 0 spiro atoms. The minimum Gasteiger partial charge on any atom is -0.320 e. The van der Waals surface area contributed by atoms with Crippen molar-refractivity contribution in [3.8, 4) is 0 Å². The van der Waals surface area contributed by atoms with Gasteiger partial charge in [0.05, 0.1) is 6.04 Å². The SMILES string of the molecule is NC(c1ccc(F)cc1)c1ccc(Cl)cc1Cl. The van der Waals surface area contributed by atoms with Crippen molar-refractivity contribution >= 4 is 23.2 Å². The summed E-state index contributed by atoms with van der Waals surface area (Å²) in [6, 6.07) is 10.8. The third-order valence-corrected chi connectivity index (χ3v) is 3.09. The molecular formula is C13H10Cl2FN. The summed E-state index contributed by atoms with van der Waals surface area (Å²) in [7, 11) is 0. The van der Waals surface area contributed by atoms with Crippen LogP contribution in [0.3, 0.4) is 0 Å². The second-order valence-electron chi connectivity index (χ2n) is 3.70. The average molecular weight is 270 g/mol. The van der Waals surface area contributed by atoms with Crippen molar-refractivity contribution < 1.29 is 4.39 Å². The van der Waals surface area contributed by atoms with Crippen LogP contribution >= 0.6 is 23.2 Å². The minimum absolute atomic E-state index is 0.289. The van der Waals surface area contributed by atoms with Crippen LogP contribution in [0.15, 0.2) is 42.5 Å². The van der Waals surface area contributed by atoms with Gasteiger partial charge in [-0.15, -0.1) is 0 Å². The molecule has 1 nitrogen and oxygen atoms in total. The molecule has 0 aliphatic carbocycles. The van der Waals surface area contributed by atoms with Crippen molar-refractivity contribution in [2.24, 2.45) is 5.73 Å². The second-order valence-corrected chi connectivity index (χ2v) is 4.54. The van der Waals surface area contributed by atoms with Gasteiger partial charge in [-0.25, -0.2) is 4.39 Å². The molecule has 0 radical (unpaired) electrons. The van der Waals surface area contributed by atoms with Crippen LogP contribution in [-0.4, -0.2) is 0 Å². The van der Waals surface area contributed by atoms with Crippen molar-refractivity contribution in [3.05, 3.63) is 69.5 Å². The van der Waals surface area contributed by atoms with E-state index in [1.54, 1.807) is 30.3 Å². The van der Waals surface area contributed by atoms with E-state index in [0.717, 1.165) is 11.1 Å². The van der Waals surface area contributed by atoms with Crippen LogP contribution < -0.4 is 5.73 Å². The first-order chi connectivity index (χ1) is 8.08. The van der Waals surface area contributed by atoms with E-state index >= 15 is 0 Å². The van der Waals surface area contributed by atoms with E-state index in [-0.39, 0.29) is 11.9 Å². The van der Waals surface area contributed by atoms with Crippen molar-refractivity contribution in [2.75, 3.05) is 0 Å². The summed E-state index contributed by atoms with van der Waals surface area (Å²) in [6.07, 6.45) is 0. The maximum atomic E-state index is 12.8. The fourth-order valence-electron chi connectivity index (χ4n) is 1.60. The Labute approximate surface area is 109 Å². The Morgan fingerprint density at radius 1 is 1.00 bits per heavy atom. The highest BCUT2D eigenvalue weighted by molar-refractivity contribution is 6.35. The number of hydrogen-bond acceptors (Lipinski definition) is 1. The molecule has 0 aromatic heterocycles. The van der Waals surface area contributed by atoms with E-state index < -0.39 is 0 Å². The van der Waals surface area contributed by atoms with E-state index in [2.05, 4.69) is 0 Å². The van der Waals surface area contributed by atoms with Gasteiger partial charge in [0.1, 0.15) is 5.82 Å². The van der Waals surface area contributed by atoms with E-state index in [0.29, 0.717) is 10.0 Å². The monoisotopic (exact) mass is 269 g/mol. The lowest BCUT2D eigenvalue weighted by molar-refractivity contribution is 0.626. The molecule has 88 valence electrons. The number of rotatable bonds is 2. The van der Waals surface area contributed by atoms with Crippen LogP contribution in [0, 0.1) is 5.82 Å². The van der Waals surface area contributed by atoms with Gasteiger partial charge in [0.2, 0.25) is 0 Å². The Hall–Kier alpha value is -1.09. The van der Waals surface area contributed by atoms with Crippen LogP contribution in [0.5, 0.6) is 0 Å². The second kappa shape index (κ2) is 5.05. The molecular weight excluding hydrogens is 260 g/mol. The summed E-state index contributed by atoms with van der Waals surface area (Å²) >= 11 is 11.9. The maximum Gasteiger partial charge on any atom is 0.123 e.